The van der Waals surface area contributed by atoms with Gasteiger partial charge >= 0.3 is 6.09 Å². The van der Waals surface area contributed by atoms with Gasteiger partial charge in [-0.15, -0.1) is 5.10 Å². The van der Waals surface area contributed by atoms with Crippen LogP contribution in [0.4, 0.5) is 10.5 Å². The number of hydrogen-bond donors (Lipinski definition) is 0. The second-order valence-corrected chi connectivity index (χ2v) is 11.6. The quantitative estimate of drug-likeness (QED) is 0.361. The number of fused-ring (bicyclic) bond motifs is 1. The van der Waals surface area contributed by atoms with E-state index in [4.69, 9.17) is 16.3 Å². The van der Waals surface area contributed by atoms with Crippen LogP contribution in [0, 0.1) is 11.3 Å². The predicted molar refractivity (Wildman–Crippen MR) is 132 cm³/mol. The highest BCUT2D eigenvalue weighted by molar-refractivity contribution is 6.30. The summed E-state index contributed by atoms with van der Waals surface area (Å²) in [7, 11) is 0. The Hall–Kier alpha value is -2.12. The van der Waals surface area contributed by atoms with Crippen molar-refractivity contribution in [3.05, 3.63) is 28.8 Å². The Morgan fingerprint density at radius 3 is 2.58 bits per heavy atom. The molecule has 5 rings (SSSR count). The highest BCUT2D eigenvalue weighted by Crippen LogP contribution is 2.53. The number of carbonyl (C=O) groups excluding carboxylic acids is 1. The molecule has 4 aliphatic rings. The molecule has 8 heteroatoms. The molecule has 0 bridgehead atoms. The minimum atomic E-state index is -0.463. The normalized spacial score (nSPS) is 23.5. The summed E-state index contributed by atoms with van der Waals surface area (Å²) in [5, 5.41) is 9.26. The average Bonchev–Trinajstić information content (AvgIpc) is 3.49. The highest BCUT2D eigenvalue weighted by Gasteiger charge is 2.56. The lowest BCUT2D eigenvalue weighted by atomic mass is 9.57. The number of halogens is 1. The summed E-state index contributed by atoms with van der Waals surface area (Å²) in [6, 6.07) is 6.87. The van der Waals surface area contributed by atoms with Crippen LogP contribution in [-0.2, 0) is 11.3 Å². The molecule has 1 spiro atoms. The van der Waals surface area contributed by atoms with Crippen LogP contribution in [-0.4, -0.2) is 66.3 Å². The van der Waals surface area contributed by atoms with Crippen molar-refractivity contribution in [3.63, 3.8) is 0 Å². The maximum absolute atomic E-state index is 12.4. The van der Waals surface area contributed by atoms with Gasteiger partial charge in [0.2, 0.25) is 0 Å². The summed E-state index contributed by atoms with van der Waals surface area (Å²) < 4.78 is 5.52. The minimum Gasteiger partial charge on any atom is -0.444 e. The number of anilines is 1. The van der Waals surface area contributed by atoms with Crippen molar-refractivity contribution < 1.29 is 9.53 Å². The Bertz CT molecular complexity index is 969. The molecule has 1 aromatic carbocycles. The van der Waals surface area contributed by atoms with Gasteiger partial charge in [0.1, 0.15) is 11.4 Å². The number of benzene rings is 1. The van der Waals surface area contributed by atoms with E-state index in [9.17, 15) is 4.79 Å². The van der Waals surface area contributed by atoms with Gasteiger partial charge in [-0.05, 0) is 70.2 Å². The van der Waals surface area contributed by atoms with Gasteiger partial charge in [0.25, 0.3) is 0 Å². The van der Waals surface area contributed by atoms with Crippen LogP contribution in [0.3, 0.4) is 0 Å². The van der Waals surface area contributed by atoms with Crippen molar-refractivity contribution in [1.29, 1.82) is 0 Å². The molecule has 7 nitrogen and oxygen atoms in total. The summed E-state index contributed by atoms with van der Waals surface area (Å²) in [4.78, 5) is 19.1. The lowest BCUT2D eigenvalue weighted by Crippen LogP contribution is -2.66. The Morgan fingerprint density at radius 1 is 1.21 bits per heavy atom. The second kappa shape index (κ2) is 8.27. The Morgan fingerprint density at radius 2 is 1.94 bits per heavy atom. The molecule has 2 aliphatic carbocycles. The molecular weight excluding hydrogens is 438 g/mol. The Labute approximate surface area is 201 Å². The molecular formula is C25H34ClN5O2. The van der Waals surface area contributed by atoms with E-state index in [1.54, 1.807) is 0 Å². The number of likely N-dealkylation sites (tertiary alicyclic amines) is 1. The first-order chi connectivity index (χ1) is 15.7. The molecule has 0 unspecified atom stereocenters. The van der Waals surface area contributed by atoms with Gasteiger partial charge in [0.15, 0.2) is 0 Å². The summed E-state index contributed by atoms with van der Waals surface area (Å²) in [5.74, 6) is 1.31. The lowest BCUT2D eigenvalue weighted by Gasteiger charge is -2.59. The van der Waals surface area contributed by atoms with Crippen molar-refractivity contribution >= 4 is 35.9 Å². The molecule has 2 aliphatic heterocycles. The van der Waals surface area contributed by atoms with Crippen molar-refractivity contribution in [2.45, 2.75) is 64.6 Å². The van der Waals surface area contributed by atoms with E-state index in [2.05, 4.69) is 38.9 Å². The first-order valence-corrected chi connectivity index (χ1v) is 12.4. The first kappa shape index (κ1) is 22.7. The van der Waals surface area contributed by atoms with Crippen molar-refractivity contribution in [2.24, 2.45) is 21.5 Å². The van der Waals surface area contributed by atoms with E-state index in [0.29, 0.717) is 12.0 Å². The molecule has 1 saturated heterocycles. The fourth-order valence-corrected chi connectivity index (χ4v) is 5.85. The molecule has 0 aromatic heterocycles. The maximum Gasteiger partial charge on any atom is 0.410 e. The largest absolute Gasteiger partial charge is 0.444 e. The number of hydrogen-bond acceptors (Lipinski definition) is 5. The number of ether oxygens (including phenoxy) is 1. The zero-order valence-corrected chi connectivity index (χ0v) is 20.6. The Balaban J connectivity index is 1.29. The van der Waals surface area contributed by atoms with E-state index in [1.165, 1.54) is 24.1 Å². The van der Waals surface area contributed by atoms with Crippen LogP contribution >= 0.6 is 11.6 Å². The third kappa shape index (κ3) is 4.62. The molecule has 3 fully saturated rings. The third-order valence-electron chi connectivity index (χ3n) is 7.26. The number of carbonyl (C=O) groups is 1. The van der Waals surface area contributed by atoms with Gasteiger partial charge in [-0.1, -0.05) is 11.6 Å². The lowest BCUT2D eigenvalue weighted by molar-refractivity contribution is -0.0816. The molecule has 0 N–H and O–H groups in total. The van der Waals surface area contributed by atoms with Gasteiger partial charge in [-0.3, -0.25) is 4.90 Å². The fourth-order valence-electron chi connectivity index (χ4n) is 5.65. The maximum atomic E-state index is 12.4. The number of amides is 1. The van der Waals surface area contributed by atoms with Crippen LogP contribution < -0.4 is 4.90 Å². The highest BCUT2D eigenvalue weighted by atomic mass is 35.5. The zero-order valence-electron chi connectivity index (χ0n) is 19.9. The minimum absolute atomic E-state index is 0.179. The van der Waals surface area contributed by atoms with Crippen molar-refractivity contribution in [2.75, 3.05) is 31.1 Å². The number of rotatable bonds is 3. The molecule has 0 radical (unpaired) electrons. The standard InChI is InChI=1S/C25H34ClN5O2/c1-24(2,3)33-23(32)30-15-25(16-30)12-18(13-25)22(28-27-4)31-10-9-29(20-6-7-20)14-17-11-19(26)5-8-21(17)31/h5,8,11,18,20H,4,6-7,9-10,12-16H2,1-3H3/b28-22-. The van der Waals surface area contributed by atoms with Crippen LogP contribution in [0.25, 0.3) is 0 Å². The van der Waals surface area contributed by atoms with Crippen LogP contribution in [0.15, 0.2) is 28.4 Å². The predicted octanol–water partition coefficient (Wildman–Crippen LogP) is 4.79. The van der Waals surface area contributed by atoms with E-state index >= 15 is 0 Å². The molecule has 2 saturated carbocycles. The van der Waals surface area contributed by atoms with Gasteiger partial charge in [0, 0.05) is 67.5 Å². The Kier molecular flexibility index (Phi) is 5.68. The van der Waals surface area contributed by atoms with Crippen LogP contribution in [0.5, 0.6) is 0 Å². The van der Waals surface area contributed by atoms with E-state index < -0.39 is 5.60 Å². The average molecular weight is 472 g/mol. The fraction of sp³-hybridized carbons (Fsp3) is 0.640. The molecule has 0 atom stereocenters. The van der Waals surface area contributed by atoms with E-state index in [-0.39, 0.29) is 11.5 Å². The molecule has 33 heavy (non-hydrogen) atoms. The van der Waals surface area contributed by atoms with Crippen molar-refractivity contribution in [3.8, 4) is 0 Å². The SMILES string of the molecule is C=N/N=C(/C1CC2(C1)CN(C(=O)OC(C)(C)C)C2)N1CCN(C2CC2)Cc2cc(Cl)ccc21. The number of amidine groups is 1. The van der Waals surface area contributed by atoms with Gasteiger partial charge < -0.3 is 14.5 Å². The monoisotopic (exact) mass is 471 g/mol. The third-order valence-corrected chi connectivity index (χ3v) is 7.49. The zero-order chi connectivity index (χ0) is 23.4. The van der Waals surface area contributed by atoms with Gasteiger partial charge in [0.05, 0.1) is 0 Å². The molecule has 2 heterocycles. The summed E-state index contributed by atoms with van der Waals surface area (Å²) in [5.41, 5.74) is 2.14. The molecule has 178 valence electrons. The summed E-state index contributed by atoms with van der Waals surface area (Å²) >= 11 is 6.37. The number of nitrogens with zero attached hydrogens (tertiary/aromatic N) is 5. The topological polar surface area (TPSA) is 60.7 Å². The molecule has 1 aromatic rings. The summed E-state index contributed by atoms with van der Waals surface area (Å²) in [6.45, 7) is 13.7. The van der Waals surface area contributed by atoms with Crippen LogP contribution in [0.1, 0.15) is 52.0 Å². The van der Waals surface area contributed by atoms with Crippen LogP contribution in [0.2, 0.25) is 5.02 Å². The summed E-state index contributed by atoms with van der Waals surface area (Å²) in [6.07, 6.45) is 4.37. The second-order valence-electron chi connectivity index (χ2n) is 11.2. The van der Waals surface area contributed by atoms with Gasteiger partial charge in [-0.2, -0.15) is 5.10 Å². The van der Waals surface area contributed by atoms with E-state index in [0.717, 1.165) is 56.4 Å². The van der Waals surface area contributed by atoms with E-state index in [1.807, 2.05) is 31.7 Å². The van der Waals surface area contributed by atoms with Crippen molar-refractivity contribution in [1.82, 2.24) is 9.80 Å². The smallest absolute Gasteiger partial charge is 0.410 e. The van der Waals surface area contributed by atoms with Gasteiger partial charge in [-0.25, -0.2) is 4.79 Å². The molecule has 1 amide bonds. The first-order valence-electron chi connectivity index (χ1n) is 12.0.